The molecule has 3 unspecified atom stereocenters. The van der Waals surface area contributed by atoms with Crippen LogP contribution < -0.4 is 10.5 Å². The summed E-state index contributed by atoms with van der Waals surface area (Å²) in [4.78, 5) is 14.6. The summed E-state index contributed by atoms with van der Waals surface area (Å²) in [5.74, 6) is 0.827. The van der Waals surface area contributed by atoms with E-state index in [2.05, 4.69) is 0 Å². The number of methoxy groups -OCH3 is 1. The third-order valence-electron chi connectivity index (χ3n) is 4.42. The van der Waals surface area contributed by atoms with Crippen molar-refractivity contribution in [3.63, 3.8) is 0 Å². The van der Waals surface area contributed by atoms with Gasteiger partial charge in [-0.2, -0.15) is 0 Å². The largest absolute Gasteiger partial charge is 0.497 e. The van der Waals surface area contributed by atoms with Crippen molar-refractivity contribution in [2.24, 2.45) is 5.73 Å². The van der Waals surface area contributed by atoms with E-state index in [0.29, 0.717) is 6.61 Å². The van der Waals surface area contributed by atoms with Crippen LogP contribution in [0.4, 0.5) is 0 Å². The number of rotatable bonds is 6. The Hall–Kier alpha value is -1.59. The number of nitrogens with two attached hydrogens (primary N) is 1. The molecule has 1 aromatic rings. The van der Waals surface area contributed by atoms with Gasteiger partial charge in [0.1, 0.15) is 11.9 Å². The molecule has 2 rings (SSSR count). The topological polar surface area (TPSA) is 64.8 Å². The van der Waals surface area contributed by atoms with Gasteiger partial charge in [0, 0.05) is 18.6 Å². The zero-order valence-electron chi connectivity index (χ0n) is 14.3. The van der Waals surface area contributed by atoms with Gasteiger partial charge in [-0.1, -0.05) is 12.1 Å². The molecule has 1 fully saturated rings. The normalized spacial score (nSPS) is 20.9. The smallest absolute Gasteiger partial charge is 0.251 e. The van der Waals surface area contributed by atoms with Gasteiger partial charge in [0.2, 0.25) is 0 Å². The number of nitrogens with zero attached hydrogens (tertiary/aromatic N) is 1. The average molecular weight is 320 g/mol. The van der Waals surface area contributed by atoms with Crippen LogP contribution in [0.3, 0.4) is 0 Å². The van der Waals surface area contributed by atoms with Crippen LogP contribution in [0.15, 0.2) is 24.3 Å². The highest BCUT2D eigenvalue weighted by Crippen LogP contribution is 2.21. The van der Waals surface area contributed by atoms with Crippen LogP contribution in [0.1, 0.15) is 38.7 Å². The van der Waals surface area contributed by atoms with Gasteiger partial charge in [-0.3, -0.25) is 4.79 Å². The fourth-order valence-corrected chi connectivity index (χ4v) is 3.07. The molecule has 0 saturated carbocycles. The van der Waals surface area contributed by atoms with Crippen molar-refractivity contribution in [3.8, 4) is 5.75 Å². The van der Waals surface area contributed by atoms with Crippen molar-refractivity contribution in [3.05, 3.63) is 29.8 Å². The van der Waals surface area contributed by atoms with E-state index in [9.17, 15) is 4.79 Å². The number of piperidine rings is 1. The highest BCUT2D eigenvalue weighted by molar-refractivity contribution is 5.81. The minimum absolute atomic E-state index is 0.00941. The molecular weight excluding hydrogens is 292 g/mol. The molecule has 1 aliphatic rings. The summed E-state index contributed by atoms with van der Waals surface area (Å²) < 4.78 is 11.0. The second-order valence-corrected chi connectivity index (χ2v) is 6.26. The Balaban J connectivity index is 1.93. The number of carbonyl (C=O) groups excluding carboxylic acids is 1. The maximum atomic E-state index is 12.7. The fraction of sp³-hybridized carbons (Fsp3) is 0.611. The van der Waals surface area contributed by atoms with Crippen LogP contribution in [-0.4, -0.2) is 42.6 Å². The molecule has 128 valence electrons. The average Bonchev–Trinajstić information content (AvgIpc) is 2.59. The van der Waals surface area contributed by atoms with E-state index in [1.807, 2.05) is 43.0 Å². The Morgan fingerprint density at radius 2 is 2.17 bits per heavy atom. The van der Waals surface area contributed by atoms with Crippen molar-refractivity contribution < 1.29 is 14.3 Å². The van der Waals surface area contributed by atoms with Crippen molar-refractivity contribution in [2.75, 3.05) is 13.7 Å². The fourth-order valence-electron chi connectivity index (χ4n) is 3.07. The predicted octanol–water partition coefficient (Wildman–Crippen LogP) is 2.33. The highest BCUT2D eigenvalue weighted by atomic mass is 16.5. The van der Waals surface area contributed by atoms with Crippen molar-refractivity contribution >= 4 is 5.91 Å². The molecule has 3 atom stereocenters. The van der Waals surface area contributed by atoms with E-state index in [1.165, 1.54) is 0 Å². The molecule has 0 aliphatic carbocycles. The van der Waals surface area contributed by atoms with E-state index in [1.54, 1.807) is 7.11 Å². The first-order chi connectivity index (χ1) is 11.0. The third-order valence-corrected chi connectivity index (χ3v) is 4.42. The van der Waals surface area contributed by atoms with E-state index >= 15 is 0 Å². The highest BCUT2D eigenvalue weighted by Gasteiger charge is 2.31. The summed E-state index contributed by atoms with van der Waals surface area (Å²) >= 11 is 0. The number of amides is 1. The van der Waals surface area contributed by atoms with Crippen LogP contribution in [0.2, 0.25) is 0 Å². The van der Waals surface area contributed by atoms with Crippen molar-refractivity contribution in [1.29, 1.82) is 0 Å². The standard InChI is InChI=1S/C18H28N2O3/c1-13(19)17-9-4-5-10-20(17)18(21)14(2)23-12-15-7-6-8-16(11-15)22-3/h6-8,11,13-14,17H,4-5,9-10,12,19H2,1-3H3. The molecule has 1 aromatic carbocycles. The quantitative estimate of drug-likeness (QED) is 0.874. The lowest BCUT2D eigenvalue weighted by atomic mass is 9.96. The number of likely N-dealkylation sites (tertiary alicyclic amines) is 1. The number of ether oxygens (including phenoxy) is 2. The molecule has 1 amide bonds. The van der Waals surface area contributed by atoms with E-state index in [4.69, 9.17) is 15.2 Å². The first kappa shape index (κ1) is 17.8. The first-order valence-electron chi connectivity index (χ1n) is 8.33. The Morgan fingerprint density at radius 1 is 1.39 bits per heavy atom. The van der Waals surface area contributed by atoms with Crippen molar-refractivity contribution in [2.45, 2.75) is 57.9 Å². The zero-order chi connectivity index (χ0) is 16.8. The van der Waals surface area contributed by atoms with Crippen LogP contribution in [-0.2, 0) is 16.1 Å². The van der Waals surface area contributed by atoms with E-state index in [0.717, 1.165) is 37.1 Å². The van der Waals surface area contributed by atoms with Crippen LogP contribution in [0.5, 0.6) is 5.75 Å². The molecular formula is C18H28N2O3. The van der Waals surface area contributed by atoms with Crippen LogP contribution in [0, 0.1) is 0 Å². The molecule has 23 heavy (non-hydrogen) atoms. The summed E-state index contributed by atoms with van der Waals surface area (Å²) in [7, 11) is 1.64. The molecule has 5 nitrogen and oxygen atoms in total. The number of benzene rings is 1. The van der Waals surface area contributed by atoms with E-state index in [-0.39, 0.29) is 18.0 Å². The van der Waals surface area contributed by atoms with Gasteiger partial charge in [0.15, 0.2) is 0 Å². The molecule has 1 heterocycles. The molecule has 0 radical (unpaired) electrons. The number of hydrogen-bond acceptors (Lipinski definition) is 4. The van der Waals surface area contributed by atoms with E-state index < -0.39 is 6.10 Å². The van der Waals surface area contributed by atoms with Crippen LogP contribution in [0.25, 0.3) is 0 Å². The molecule has 0 spiro atoms. The Bertz CT molecular complexity index is 519. The lowest BCUT2D eigenvalue weighted by Gasteiger charge is -2.39. The zero-order valence-corrected chi connectivity index (χ0v) is 14.3. The molecule has 5 heteroatoms. The predicted molar refractivity (Wildman–Crippen MR) is 90.2 cm³/mol. The lowest BCUT2D eigenvalue weighted by Crippen LogP contribution is -2.54. The van der Waals surface area contributed by atoms with Gasteiger partial charge in [0.25, 0.3) is 5.91 Å². The molecule has 0 aromatic heterocycles. The van der Waals surface area contributed by atoms with Gasteiger partial charge in [0.05, 0.1) is 13.7 Å². The maximum absolute atomic E-state index is 12.7. The molecule has 1 saturated heterocycles. The second-order valence-electron chi connectivity index (χ2n) is 6.26. The summed E-state index contributed by atoms with van der Waals surface area (Å²) in [6.45, 7) is 4.95. The minimum Gasteiger partial charge on any atom is -0.497 e. The number of carbonyl (C=O) groups is 1. The van der Waals surface area contributed by atoms with Gasteiger partial charge >= 0.3 is 0 Å². The first-order valence-corrected chi connectivity index (χ1v) is 8.33. The SMILES string of the molecule is COc1cccc(COC(C)C(=O)N2CCCCC2C(C)N)c1. The van der Waals surface area contributed by atoms with Gasteiger partial charge in [-0.15, -0.1) is 0 Å². The maximum Gasteiger partial charge on any atom is 0.251 e. The van der Waals surface area contributed by atoms with Crippen LogP contribution >= 0.6 is 0 Å². The van der Waals surface area contributed by atoms with Crippen molar-refractivity contribution in [1.82, 2.24) is 4.90 Å². The minimum atomic E-state index is -0.472. The molecule has 2 N–H and O–H groups in total. The second kappa shape index (κ2) is 8.31. The van der Waals surface area contributed by atoms with Gasteiger partial charge in [-0.05, 0) is 50.8 Å². The monoisotopic (exact) mass is 320 g/mol. The van der Waals surface area contributed by atoms with Gasteiger partial charge in [-0.25, -0.2) is 0 Å². The molecule has 0 bridgehead atoms. The lowest BCUT2D eigenvalue weighted by molar-refractivity contribution is -0.147. The summed E-state index contributed by atoms with van der Waals surface area (Å²) in [5, 5.41) is 0. The van der Waals surface area contributed by atoms with Gasteiger partial charge < -0.3 is 20.1 Å². The Morgan fingerprint density at radius 3 is 2.87 bits per heavy atom. The third kappa shape index (κ3) is 4.69. The summed E-state index contributed by atoms with van der Waals surface area (Å²) in [6, 6.07) is 7.80. The summed E-state index contributed by atoms with van der Waals surface area (Å²) in [6.07, 6.45) is 2.68. The summed E-state index contributed by atoms with van der Waals surface area (Å²) in [5.41, 5.74) is 7.04. The Kier molecular flexibility index (Phi) is 6.42. The molecule has 1 aliphatic heterocycles. The Labute approximate surface area is 138 Å². The number of hydrogen-bond donors (Lipinski definition) is 1.